The van der Waals surface area contributed by atoms with Crippen LogP contribution < -0.4 is 16.3 Å². The van der Waals surface area contributed by atoms with Gasteiger partial charge in [0.2, 0.25) is 11.8 Å². The number of hydrogen-bond acceptors (Lipinski definition) is 9. The lowest BCUT2D eigenvalue weighted by Crippen LogP contribution is -2.47. The molecule has 0 bridgehead atoms. The SMILES string of the molecule is Cc1c(CC(=O)O)c(=O)oc2cc(NC(=O)C(CC(=O)O)n3cc(C4(NC(=O)CCC(=O)O)CCCCC4)nn3)ccc12. The second kappa shape index (κ2) is 12.8. The monoisotopic (exact) mass is 597 g/mol. The summed E-state index contributed by atoms with van der Waals surface area (Å²) in [5.41, 5.74) is -0.697. The summed E-state index contributed by atoms with van der Waals surface area (Å²) < 4.78 is 6.40. The maximum Gasteiger partial charge on any atom is 0.340 e. The van der Waals surface area contributed by atoms with Crippen molar-refractivity contribution in [1.82, 2.24) is 20.3 Å². The standard InChI is InChI=1S/C28H31N5O10/c1-15-17-6-5-16(11-20(17)43-27(42)18(15)12-24(37)38)29-26(41)19(13-25(39)40)33-14-21(31-32-33)28(9-3-2-4-10-28)30-22(34)7-8-23(35)36/h5-6,11,14,19H,2-4,7-10,12-13H2,1H3,(H,29,41)(H,30,34)(H,35,36)(H,37,38)(H,39,40). The molecular weight excluding hydrogens is 566 g/mol. The van der Waals surface area contributed by atoms with Gasteiger partial charge in [0.1, 0.15) is 17.3 Å². The van der Waals surface area contributed by atoms with Crippen LogP contribution in [-0.4, -0.2) is 60.0 Å². The van der Waals surface area contributed by atoms with Gasteiger partial charge in [-0.1, -0.05) is 24.5 Å². The van der Waals surface area contributed by atoms with Gasteiger partial charge in [0.25, 0.3) is 0 Å². The molecule has 0 aliphatic heterocycles. The molecule has 1 saturated carbocycles. The fourth-order valence-electron chi connectivity index (χ4n) is 5.32. The molecule has 3 aromatic rings. The average molecular weight is 598 g/mol. The van der Waals surface area contributed by atoms with E-state index in [0.29, 0.717) is 29.5 Å². The quantitative estimate of drug-likeness (QED) is 0.189. The number of hydrogen-bond donors (Lipinski definition) is 5. The summed E-state index contributed by atoms with van der Waals surface area (Å²) in [4.78, 5) is 72.0. The number of carbonyl (C=O) groups is 5. The van der Waals surface area contributed by atoms with E-state index in [1.54, 1.807) is 13.0 Å². The van der Waals surface area contributed by atoms with Crippen LogP contribution in [0, 0.1) is 6.92 Å². The van der Waals surface area contributed by atoms with Crippen molar-refractivity contribution in [2.45, 2.75) is 76.3 Å². The van der Waals surface area contributed by atoms with Gasteiger partial charge in [0.15, 0.2) is 0 Å². The summed E-state index contributed by atoms with van der Waals surface area (Å²) in [5.74, 6) is -4.78. The molecular formula is C28H31N5O10. The van der Waals surface area contributed by atoms with E-state index < -0.39 is 59.8 Å². The van der Waals surface area contributed by atoms with Gasteiger partial charge >= 0.3 is 23.5 Å². The number of fused-ring (bicyclic) bond motifs is 1. The molecule has 1 fully saturated rings. The van der Waals surface area contributed by atoms with Crippen molar-refractivity contribution in [2.24, 2.45) is 0 Å². The van der Waals surface area contributed by atoms with Crippen molar-refractivity contribution >= 4 is 46.4 Å². The number of amides is 2. The Morgan fingerprint density at radius 2 is 1.74 bits per heavy atom. The molecule has 1 aromatic carbocycles. The van der Waals surface area contributed by atoms with Gasteiger partial charge in [0, 0.05) is 23.6 Å². The van der Waals surface area contributed by atoms with Gasteiger partial charge in [-0.2, -0.15) is 0 Å². The van der Waals surface area contributed by atoms with Crippen LogP contribution in [0.25, 0.3) is 11.0 Å². The highest BCUT2D eigenvalue weighted by Crippen LogP contribution is 2.36. The lowest BCUT2D eigenvalue weighted by atomic mass is 9.79. The van der Waals surface area contributed by atoms with E-state index in [4.69, 9.17) is 14.6 Å². The summed E-state index contributed by atoms with van der Waals surface area (Å²) >= 11 is 0. The summed E-state index contributed by atoms with van der Waals surface area (Å²) in [6.45, 7) is 1.59. The van der Waals surface area contributed by atoms with Gasteiger partial charge in [-0.3, -0.25) is 24.0 Å². The topological polar surface area (TPSA) is 231 Å². The molecule has 15 nitrogen and oxygen atoms in total. The van der Waals surface area contributed by atoms with Crippen LogP contribution in [0.2, 0.25) is 0 Å². The largest absolute Gasteiger partial charge is 0.481 e. The Kier molecular flexibility index (Phi) is 9.21. The molecule has 43 heavy (non-hydrogen) atoms. The van der Waals surface area contributed by atoms with Crippen molar-refractivity contribution in [3.63, 3.8) is 0 Å². The van der Waals surface area contributed by atoms with Crippen LogP contribution >= 0.6 is 0 Å². The number of aryl methyl sites for hydroxylation is 1. The van der Waals surface area contributed by atoms with E-state index in [-0.39, 0.29) is 29.7 Å². The second-order valence-corrected chi connectivity index (χ2v) is 10.5. The molecule has 2 heterocycles. The Bertz CT molecular complexity index is 1640. The first-order valence-electron chi connectivity index (χ1n) is 13.6. The summed E-state index contributed by atoms with van der Waals surface area (Å²) in [6.07, 6.45) is 3.19. The van der Waals surface area contributed by atoms with E-state index in [1.807, 2.05) is 0 Å². The molecule has 1 unspecified atom stereocenters. The molecule has 15 heteroatoms. The number of anilines is 1. The number of carbonyl (C=O) groups excluding carboxylic acids is 2. The van der Waals surface area contributed by atoms with Crippen LogP contribution in [0.3, 0.4) is 0 Å². The molecule has 2 aromatic heterocycles. The second-order valence-electron chi connectivity index (χ2n) is 10.5. The third kappa shape index (κ3) is 7.23. The molecule has 1 atom stereocenters. The first-order chi connectivity index (χ1) is 20.4. The Hall–Kier alpha value is -5.08. The predicted octanol–water partition coefficient (Wildman–Crippen LogP) is 2.11. The normalized spacial score (nSPS) is 15.0. The van der Waals surface area contributed by atoms with Gasteiger partial charge in [-0.05, 0) is 37.5 Å². The average Bonchev–Trinajstić information content (AvgIpc) is 3.44. The lowest BCUT2D eigenvalue weighted by molar-refractivity contribution is -0.140. The predicted molar refractivity (Wildman–Crippen MR) is 148 cm³/mol. The van der Waals surface area contributed by atoms with Gasteiger partial charge in [-0.15, -0.1) is 5.10 Å². The van der Waals surface area contributed by atoms with Crippen LogP contribution in [0.4, 0.5) is 5.69 Å². The van der Waals surface area contributed by atoms with E-state index in [2.05, 4.69) is 20.9 Å². The number of aliphatic carboxylic acids is 3. The molecule has 1 aliphatic rings. The first kappa shape index (κ1) is 30.9. The molecule has 228 valence electrons. The number of rotatable bonds is 12. The molecule has 2 amide bonds. The van der Waals surface area contributed by atoms with Crippen LogP contribution in [0.1, 0.15) is 74.2 Å². The smallest absolute Gasteiger partial charge is 0.340 e. The highest BCUT2D eigenvalue weighted by atomic mass is 16.4. The van der Waals surface area contributed by atoms with Crippen molar-refractivity contribution < 1.29 is 43.7 Å². The summed E-state index contributed by atoms with van der Waals surface area (Å²) in [6, 6.07) is 3.09. The van der Waals surface area contributed by atoms with Crippen molar-refractivity contribution in [1.29, 1.82) is 0 Å². The minimum atomic E-state index is -1.34. The number of benzene rings is 1. The van der Waals surface area contributed by atoms with E-state index >= 15 is 0 Å². The maximum absolute atomic E-state index is 13.3. The molecule has 0 radical (unpaired) electrons. The molecule has 5 N–H and O–H groups in total. The number of carboxylic acids is 3. The van der Waals surface area contributed by atoms with Crippen LogP contribution in [0.15, 0.2) is 33.6 Å². The highest BCUT2D eigenvalue weighted by molar-refractivity contribution is 5.97. The molecule has 4 rings (SSSR count). The van der Waals surface area contributed by atoms with E-state index in [9.17, 15) is 33.9 Å². The fraction of sp³-hybridized carbons (Fsp3) is 0.429. The van der Waals surface area contributed by atoms with Gasteiger partial charge in [0.05, 0.1) is 36.6 Å². The number of carboxylic acid groups (broad SMARTS) is 3. The Labute approximate surface area is 243 Å². The van der Waals surface area contributed by atoms with Crippen molar-refractivity contribution in [2.75, 3.05) is 5.32 Å². The first-order valence-corrected chi connectivity index (χ1v) is 13.6. The number of aromatic nitrogens is 3. The number of nitrogens with one attached hydrogen (secondary N) is 2. The minimum Gasteiger partial charge on any atom is -0.481 e. The fourth-order valence-corrected chi connectivity index (χ4v) is 5.32. The maximum atomic E-state index is 13.3. The zero-order valence-corrected chi connectivity index (χ0v) is 23.3. The van der Waals surface area contributed by atoms with Gasteiger partial charge < -0.3 is 30.4 Å². The third-order valence-corrected chi connectivity index (χ3v) is 7.53. The Balaban J connectivity index is 1.60. The van der Waals surface area contributed by atoms with Crippen LogP contribution in [0.5, 0.6) is 0 Å². The van der Waals surface area contributed by atoms with E-state index in [1.165, 1.54) is 18.3 Å². The zero-order chi connectivity index (χ0) is 31.3. The Morgan fingerprint density at radius 3 is 2.40 bits per heavy atom. The van der Waals surface area contributed by atoms with E-state index in [0.717, 1.165) is 23.9 Å². The summed E-state index contributed by atoms with van der Waals surface area (Å²) in [5, 5.41) is 41.8. The molecule has 0 spiro atoms. The third-order valence-electron chi connectivity index (χ3n) is 7.53. The lowest BCUT2D eigenvalue weighted by Gasteiger charge is -2.36. The Morgan fingerprint density at radius 1 is 1.02 bits per heavy atom. The zero-order valence-electron chi connectivity index (χ0n) is 23.3. The van der Waals surface area contributed by atoms with Crippen molar-refractivity contribution in [3.8, 4) is 0 Å². The minimum absolute atomic E-state index is 0.00843. The van der Waals surface area contributed by atoms with Crippen molar-refractivity contribution in [3.05, 3.63) is 51.6 Å². The molecule has 1 aliphatic carbocycles. The van der Waals surface area contributed by atoms with Gasteiger partial charge in [-0.25, -0.2) is 9.48 Å². The molecule has 0 saturated heterocycles. The van der Waals surface area contributed by atoms with Crippen LogP contribution in [-0.2, 0) is 35.9 Å². The summed E-state index contributed by atoms with van der Waals surface area (Å²) in [7, 11) is 0. The number of nitrogens with zero attached hydrogens (tertiary/aromatic N) is 3. The highest BCUT2D eigenvalue weighted by Gasteiger charge is 2.39.